The third-order valence-corrected chi connectivity index (χ3v) is 5.87. The van der Waals surface area contributed by atoms with Gasteiger partial charge in [-0.15, -0.1) is 0 Å². The van der Waals surface area contributed by atoms with Gasteiger partial charge < -0.3 is 5.32 Å². The molecule has 2 aromatic heterocycles. The Morgan fingerprint density at radius 1 is 0.806 bits per heavy atom. The van der Waals surface area contributed by atoms with Crippen molar-refractivity contribution in [3.63, 3.8) is 0 Å². The number of aromatic nitrogens is 4. The quantitative estimate of drug-likeness (QED) is 0.270. The van der Waals surface area contributed by atoms with Gasteiger partial charge in [0.1, 0.15) is 5.82 Å². The summed E-state index contributed by atoms with van der Waals surface area (Å²) in [6.07, 6.45) is 3.07. The molecule has 0 unspecified atom stereocenters. The molecule has 0 amide bonds. The van der Waals surface area contributed by atoms with E-state index in [2.05, 4.69) is 56.7 Å². The molecule has 7 heteroatoms. The highest BCUT2D eigenvalue weighted by atomic mass is 19.1. The number of nitrogens with zero attached hydrogens (tertiary/aromatic N) is 4. The van der Waals surface area contributed by atoms with Crippen molar-refractivity contribution in [1.29, 1.82) is 0 Å². The number of anilines is 1. The summed E-state index contributed by atoms with van der Waals surface area (Å²) in [5.41, 5.74) is 5.57. The van der Waals surface area contributed by atoms with Crippen LogP contribution in [0.15, 0.2) is 97.5 Å². The predicted molar refractivity (Wildman–Crippen MR) is 138 cm³/mol. The summed E-state index contributed by atoms with van der Waals surface area (Å²) in [6.45, 7) is 3.43. The lowest BCUT2D eigenvalue weighted by molar-refractivity contribution is 0.122. The Kier molecular flexibility index (Phi) is 6.29. The fraction of sp³-hybridized carbons (Fsp3) is 0.138. The number of hydrogen-bond acceptors (Lipinski definition) is 4. The molecule has 0 atom stereocenters. The molecule has 0 aliphatic heterocycles. The number of benzene rings is 3. The first-order valence-electron chi connectivity index (χ1n) is 11.6. The zero-order chi connectivity index (χ0) is 25.1. The van der Waals surface area contributed by atoms with Crippen molar-refractivity contribution in [2.75, 3.05) is 5.32 Å². The van der Waals surface area contributed by atoms with Gasteiger partial charge in [-0.05, 0) is 60.9 Å². The molecule has 0 bridgehead atoms. The zero-order valence-corrected chi connectivity index (χ0v) is 20.0. The highest BCUT2D eigenvalue weighted by Gasteiger charge is 2.26. The molecule has 0 aliphatic carbocycles. The average Bonchev–Trinajstić information content (AvgIpc) is 3.35. The van der Waals surface area contributed by atoms with Gasteiger partial charge in [-0.3, -0.25) is 4.57 Å². The fourth-order valence-corrected chi connectivity index (χ4v) is 4.02. The Bertz CT molecular complexity index is 1450. The minimum atomic E-state index is -1.72. The molecule has 0 radical (unpaired) electrons. The van der Waals surface area contributed by atoms with Crippen LogP contribution in [-0.2, 0) is 12.3 Å². The monoisotopic (exact) mass is 481 g/mol. The summed E-state index contributed by atoms with van der Waals surface area (Å²) < 4.78 is 30.0. The van der Waals surface area contributed by atoms with E-state index in [0.29, 0.717) is 35.1 Å². The highest BCUT2D eigenvalue weighted by molar-refractivity contribution is 5.77. The zero-order valence-electron chi connectivity index (χ0n) is 20.0. The van der Waals surface area contributed by atoms with Gasteiger partial charge in [-0.2, -0.15) is 0 Å². The van der Waals surface area contributed by atoms with Crippen LogP contribution in [0.5, 0.6) is 0 Å². The van der Waals surface area contributed by atoms with E-state index in [-0.39, 0.29) is 5.82 Å². The molecule has 5 rings (SSSR count). The lowest BCUT2D eigenvalue weighted by atomic mass is 10.0. The first-order valence-corrected chi connectivity index (χ1v) is 11.6. The summed E-state index contributed by atoms with van der Waals surface area (Å²) in [4.78, 5) is 13.4. The van der Waals surface area contributed by atoms with Crippen LogP contribution in [0.25, 0.3) is 33.8 Å². The topological polar surface area (TPSA) is 55.6 Å². The number of rotatable bonds is 7. The van der Waals surface area contributed by atoms with Crippen molar-refractivity contribution in [2.45, 2.75) is 26.2 Å². The van der Waals surface area contributed by atoms with Crippen LogP contribution in [0.4, 0.5) is 14.7 Å². The van der Waals surface area contributed by atoms with Crippen LogP contribution >= 0.6 is 0 Å². The van der Waals surface area contributed by atoms with E-state index in [9.17, 15) is 4.39 Å². The Morgan fingerprint density at radius 3 is 2.17 bits per heavy atom. The molecule has 180 valence electrons. The summed E-state index contributed by atoms with van der Waals surface area (Å²) >= 11 is 0. The van der Waals surface area contributed by atoms with Gasteiger partial charge in [0.25, 0.3) is 0 Å². The van der Waals surface area contributed by atoms with E-state index in [1.165, 1.54) is 36.9 Å². The van der Waals surface area contributed by atoms with Crippen LogP contribution in [-0.4, -0.2) is 19.5 Å². The molecular weight excluding hydrogens is 456 g/mol. The molecule has 5 nitrogen and oxygen atoms in total. The summed E-state index contributed by atoms with van der Waals surface area (Å²) in [6, 6.07) is 26.2. The molecule has 2 heterocycles. The normalized spacial score (nSPS) is 11.4. The highest BCUT2D eigenvalue weighted by Crippen LogP contribution is 2.34. The van der Waals surface area contributed by atoms with Gasteiger partial charge in [0, 0.05) is 18.3 Å². The standard InChI is InChI=1S/C29H25F2N5/c1-29(2,31)36-19-34-26(23-12-14-24(30)15-13-23)27(36)25-16-17-32-28(35-25)33-18-20-8-10-22(11-9-20)21-6-4-3-5-7-21/h3-17,19H,18H2,1-2H3,(H,32,33,35). The first-order chi connectivity index (χ1) is 17.4. The molecular formula is C29H25F2N5. The minimum absolute atomic E-state index is 0.351. The van der Waals surface area contributed by atoms with E-state index in [1.807, 2.05) is 18.2 Å². The minimum Gasteiger partial charge on any atom is -0.350 e. The number of nitrogens with one attached hydrogen (secondary N) is 1. The van der Waals surface area contributed by atoms with Gasteiger partial charge >= 0.3 is 0 Å². The average molecular weight is 482 g/mol. The lowest BCUT2D eigenvalue weighted by Crippen LogP contribution is -2.20. The van der Waals surface area contributed by atoms with Crippen LogP contribution in [0.2, 0.25) is 0 Å². The maximum atomic E-state index is 15.1. The summed E-state index contributed by atoms with van der Waals surface area (Å²) in [7, 11) is 0. The summed E-state index contributed by atoms with van der Waals surface area (Å²) in [5, 5.41) is 3.25. The molecule has 36 heavy (non-hydrogen) atoms. The Balaban J connectivity index is 1.41. The van der Waals surface area contributed by atoms with E-state index in [4.69, 9.17) is 0 Å². The smallest absolute Gasteiger partial charge is 0.223 e. The van der Waals surface area contributed by atoms with E-state index in [1.54, 1.807) is 24.4 Å². The Labute approximate surface area is 208 Å². The molecule has 0 fully saturated rings. The van der Waals surface area contributed by atoms with E-state index >= 15 is 4.39 Å². The van der Waals surface area contributed by atoms with Crippen LogP contribution in [0.3, 0.4) is 0 Å². The first kappa shape index (κ1) is 23.4. The molecule has 0 spiro atoms. The van der Waals surface area contributed by atoms with Crippen molar-refractivity contribution in [3.8, 4) is 33.8 Å². The second kappa shape index (κ2) is 9.70. The molecule has 5 aromatic rings. The van der Waals surface area contributed by atoms with Crippen molar-refractivity contribution >= 4 is 5.95 Å². The van der Waals surface area contributed by atoms with Crippen molar-refractivity contribution in [1.82, 2.24) is 19.5 Å². The van der Waals surface area contributed by atoms with Gasteiger partial charge in [-0.25, -0.2) is 23.7 Å². The summed E-state index contributed by atoms with van der Waals surface area (Å²) in [5.74, 6) is -1.66. The third kappa shape index (κ3) is 5.00. The van der Waals surface area contributed by atoms with Gasteiger partial charge in [0.05, 0.1) is 23.4 Å². The molecule has 0 aliphatic rings. The number of alkyl halides is 1. The maximum Gasteiger partial charge on any atom is 0.223 e. The van der Waals surface area contributed by atoms with Crippen molar-refractivity contribution < 1.29 is 8.78 Å². The van der Waals surface area contributed by atoms with Crippen LogP contribution in [0, 0.1) is 5.82 Å². The Hall–Kier alpha value is -4.39. The predicted octanol–water partition coefficient (Wildman–Crippen LogP) is 7.09. The largest absolute Gasteiger partial charge is 0.350 e. The maximum absolute atomic E-state index is 15.1. The molecule has 0 saturated carbocycles. The van der Waals surface area contributed by atoms with E-state index < -0.39 is 5.79 Å². The van der Waals surface area contributed by atoms with Gasteiger partial charge in [0.2, 0.25) is 5.95 Å². The van der Waals surface area contributed by atoms with E-state index in [0.717, 1.165) is 16.7 Å². The lowest BCUT2D eigenvalue weighted by Gasteiger charge is -2.20. The Morgan fingerprint density at radius 2 is 1.47 bits per heavy atom. The fourth-order valence-electron chi connectivity index (χ4n) is 4.02. The number of hydrogen-bond donors (Lipinski definition) is 1. The molecule has 0 saturated heterocycles. The second-order valence-electron chi connectivity index (χ2n) is 8.91. The molecule has 1 N–H and O–H groups in total. The van der Waals surface area contributed by atoms with Gasteiger partial charge in [-0.1, -0.05) is 54.6 Å². The van der Waals surface area contributed by atoms with Crippen LogP contribution < -0.4 is 5.32 Å². The SMILES string of the molecule is CC(C)(F)n1cnc(-c2ccc(F)cc2)c1-c1ccnc(NCc2ccc(-c3ccccc3)cc2)n1. The second-order valence-corrected chi connectivity index (χ2v) is 8.91. The molecule has 3 aromatic carbocycles. The van der Waals surface area contributed by atoms with Crippen molar-refractivity contribution in [2.24, 2.45) is 0 Å². The van der Waals surface area contributed by atoms with Gasteiger partial charge in [0.15, 0.2) is 5.79 Å². The van der Waals surface area contributed by atoms with Crippen LogP contribution in [0.1, 0.15) is 19.4 Å². The third-order valence-electron chi connectivity index (χ3n) is 5.87. The number of imidazole rings is 1. The van der Waals surface area contributed by atoms with Crippen molar-refractivity contribution in [3.05, 3.63) is 109 Å². The number of halogens is 2.